The van der Waals surface area contributed by atoms with E-state index in [2.05, 4.69) is 52.1 Å². The van der Waals surface area contributed by atoms with E-state index in [0.29, 0.717) is 33.6 Å². The van der Waals surface area contributed by atoms with Crippen molar-refractivity contribution in [1.82, 2.24) is 20.9 Å². The van der Waals surface area contributed by atoms with Crippen molar-refractivity contribution in [3.8, 4) is 39.8 Å². The summed E-state index contributed by atoms with van der Waals surface area (Å²) in [6.45, 7) is 4.63. The molecule has 0 spiro atoms. The third kappa shape index (κ3) is 13.1. The van der Waals surface area contributed by atoms with Gasteiger partial charge in [0, 0.05) is 73.4 Å². The van der Waals surface area contributed by atoms with Crippen molar-refractivity contribution < 1.29 is 44.3 Å². The van der Waals surface area contributed by atoms with Gasteiger partial charge in [-0.3, -0.25) is 19.4 Å². The van der Waals surface area contributed by atoms with Crippen LogP contribution >= 0.6 is 11.6 Å². The Kier molecular flexibility index (Phi) is 16.7. The molecule has 2 atom stereocenters. The van der Waals surface area contributed by atoms with E-state index in [1.807, 2.05) is 43.3 Å². The second-order valence-corrected chi connectivity index (χ2v) is 14.8. The molecule has 0 radical (unpaired) electrons. The molecule has 5 aromatic rings. The van der Waals surface area contributed by atoms with E-state index in [-0.39, 0.29) is 62.6 Å². The van der Waals surface area contributed by atoms with Gasteiger partial charge in [-0.25, -0.2) is 0 Å². The summed E-state index contributed by atoms with van der Waals surface area (Å²) < 4.78 is 12.6. The number of aromatic nitrogens is 1. The molecule has 0 aliphatic rings. The lowest BCUT2D eigenvalue weighted by atomic mass is 9.88. The fourth-order valence-corrected chi connectivity index (χ4v) is 6.99. The number of nitriles is 1. The van der Waals surface area contributed by atoms with E-state index in [4.69, 9.17) is 31.3 Å². The molecule has 0 aliphatic heterocycles. The van der Waals surface area contributed by atoms with Gasteiger partial charge < -0.3 is 45.9 Å². The van der Waals surface area contributed by atoms with Crippen LogP contribution in [-0.4, -0.2) is 81.6 Å². The highest BCUT2D eigenvalue weighted by Crippen LogP contribution is 2.37. The Hall–Kier alpha value is -6.34. The highest BCUT2D eigenvalue weighted by atomic mass is 35.5. The van der Waals surface area contributed by atoms with E-state index in [1.54, 1.807) is 30.5 Å². The van der Waals surface area contributed by atoms with Crippen LogP contribution < -0.4 is 25.4 Å². The Bertz CT molecular complexity index is 2370. The van der Waals surface area contributed by atoms with Crippen LogP contribution in [-0.2, 0) is 29.3 Å². The number of aliphatic hydroxyl groups is 2. The molecule has 0 saturated carbocycles. The molecule has 5 rings (SSSR count). The van der Waals surface area contributed by atoms with Gasteiger partial charge in [0.05, 0.1) is 35.6 Å². The third-order valence-corrected chi connectivity index (χ3v) is 10.1. The Labute approximate surface area is 358 Å². The number of rotatable bonds is 22. The SMILES string of the molecule is Cc1c(-c2ccccc2)cccc1-c1ccc(C(=O)NCCNCC(O)CC(=O)O)c(COc2cc(OCc3cncc(C#N)c3)c(CNCC(O)CC(=O)O)cc2Cl)c1C. The fourth-order valence-electron chi connectivity index (χ4n) is 6.75. The van der Waals surface area contributed by atoms with Crippen LogP contribution in [0.15, 0.2) is 91.3 Å². The van der Waals surface area contributed by atoms with Gasteiger partial charge in [-0.15, -0.1) is 0 Å². The Morgan fingerprint density at radius 2 is 1.44 bits per heavy atom. The molecule has 0 aliphatic carbocycles. The molecular formula is C46H48ClN5O9. The summed E-state index contributed by atoms with van der Waals surface area (Å²) in [6, 6.07) is 26.8. The molecule has 318 valence electrons. The number of nitrogens with zero attached hydrogens (tertiary/aromatic N) is 2. The highest BCUT2D eigenvalue weighted by Gasteiger charge is 2.21. The van der Waals surface area contributed by atoms with Gasteiger partial charge in [-0.1, -0.05) is 66.2 Å². The van der Waals surface area contributed by atoms with Crippen LogP contribution in [0.2, 0.25) is 5.02 Å². The summed E-state index contributed by atoms with van der Waals surface area (Å²) in [5.41, 5.74) is 8.40. The minimum absolute atomic E-state index is 0.00727. The average Bonchev–Trinajstić information content (AvgIpc) is 3.23. The standard InChI is InChI=1S/C46H48ClN5O9/c1-28-36(32-7-4-3-5-8-32)9-6-10-37(28)38-11-12-39(46(59)52-14-13-49-24-34(53)17-44(55)56)40(29(38)2)27-61-43-19-42(60-26-31-15-30(20-48)21-50-22-31)33(16-41(43)47)23-51-25-35(54)18-45(57)58/h3-12,15-16,19,21-22,34-35,49,51,53-54H,13-14,17-18,23-27H2,1-2H3,(H,52,59)(H,55,56)(H,57,58). The van der Waals surface area contributed by atoms with Crippen molar-refractivity contribution in [3.63, 3.8) is 0 Å². The van der Waals surface area contributed by atoms with E-state index in [9.17, 15) is 29.9 Å². The van der Waals surface area contributed by atoms with Gasteiger partial charge in [0.25, 0.3) is 5.91 Å². The second kappa shape index (κ2) is 22.3. The van der Waals surface area contributed by atoms with Gasteiger partial charge in [-0.2, -0.15) is 5.26 Å². The molecule has 0 fully saturated rings. The monoisotopic (exact) mass is 849 g/mol. The quantitative estimate of drug-likeness (QED) is 0.0410. The van der Waals surface area contributed by atoms with Crippen LogP contribution in [0.5, 0.6) is 11.5 Å². The second-order valence-electron chi connectivity index (χ2n) is 14.4. The largest absolute Gasteiger partial charge is 0.488 e. The molecule has 14 nitrogen and oxygen atoms in total. The van der Waals surface area contributed by atoms with Crippen LogP contribution in [0.4, 0.5) is 0 Å². The number of aliphatic carboxylic acids is 2. The van der Waals surface area contributed by atoms with Crippen molar-refractivity contribution >= 4 is 29.4 Å². The maximum atomic E-state index is 13.8. The first kappa shape index (κ1) is 45.7. The van der Waals surface area contributed by atoms with Gasteiger partial charge in [0.1, 0.15) is 30.8 Å². The summed E-state index contributed by atoms with van der Waals surface area (Å²) in [4.78, 5) is 39.9. The first-order chi connectivity index (χ1) is 29.3. The maximum Gasteiger partial charge on any atom is 0.306 e. The zero-order valence-corrected chi connectivity index (χ0v) is 34.5. The summed E-state index contributed by atoms with van der Waals surface area (Å²) >= 11 is 6.83. The number of carboxylic acid groups (broad SMARTS) is 2. The van der Waals surface area contributed by atoms with Gasteiger partial charge >= 0.3 is 11.9 Å². The van der Waals surface area contributed by atoms with Crippen molar-refractivity contribution in [2.75, 3.05) is 26.2 Å². The molecule has 15 heteroatoms. The molecule has 0 bridgehead atoms. The highest BCUT2D eigenvalue weighted by molar-refractivity contribution is 6.32. The number of aliphatic hydroxyl groups excluding tert-OH is 2. The van der Waals surface area contributed by atoms with E-state index < -0.39 is 37.0 Å². The van der Waals surface area contributed by atoms with Gasteiger partial charge in [0.15, 0.2) is 0 Å². The molecule has 0 saturated heterocycles. The normalized spacial score (nSPS) is 11.9. The number of amides is 1. The van der Waals surface area contributed by atoms with E-state index >= 15 is 0 Å². The molecule has 1 heterocycles. The lowest BCUT2D eigenvalue weighted by Crippen LogP contribution is -2.36. The first-order valence-corrected chi connectivity index (χ1v) is 19.9. The number of ether oxygens (including phenoxy) is 2. The van der Waals surface area contributed by atoms with Crippen molar-refractivity contribution in [3.05, 3.63) is 135 Å². The lowest BCUT2D eigenvalue weighted by Gasteiger charge is -2.20. The number of halogens is 1. The number of pyridine rings is 1. The predicted octanol–water partition coefficient (Wildman–Crippen LogP) is 5.80. The Balaban J connectivity index is 1.45. The number of carbonyl (C=O) groups is 3. The van der Waals surface area contributed by atoms with Gasteiger partial charge in [-0.05, 0) is 65.4 Å². The third-order valence-electron chi connectivity index (χ3n) is 9.84. The summed E-state index contributed by atoms with van der Waals surface area (Å²) in [6.07, 6.45) is -0.000447. The van der Waals surface area contributed by atoms with E-state index in [1.165, 1.54) is 6.20 Å². The fraction of sp³-hybridized carbons (Fsp3) is 0.283. The lowest BCUT2D eigenvalue weighted by molar-refractivity contribution is -0.140. The summed E-state index contributed by atoms with van der Waals surface area (Å²) in [5.74, 6) is -2.00. The smallest absolute Gasteiger partial charge is 0.306 e. The Morgan fingerprint density at radius 1 is 0.770 bits per heavy atom. The molecule has 4 aromatic carbocycles. The van der Waals surface area contributed by atoms with Crippen molar-refractivity contribution in [2.24, 2.45) is 0 Å². The molecule has 1 amide bonds. The number of hydrogen-bond acceptors (Lipinski definition) is 11. The molecule has 2 unspecified atom stereocenters. The van der Waals surface area contributed by atoms with E-state index in [0.717, 1.165) is 33.4 Å². The molecule has 7 N–H and O–H groups in total. The minimum atomic E-state index is -1.13. The van der Waals surface area contributed by atoms with Crippen molar-refractivity contribution in [2.45, 2.75) is 58.7 Å². The van der Waals surface area contributed by atoms with Crippen LogP contribution in [0.25, 0.3) is 22.3 Å². The topological polar surface area (TPSA) is 223 Å². The van der Waals surface area contributed by atoms with Crippen LogP contribution in [0, 0.1) is 25.2 Å². The van der Waals surface area contributed by atoms with Crippen molar-refractivity contribution in [1.29, 1.82) is 5.26 Å². The summed E-state index contributed by atoms with van der Waals surface area (Å²) in [7, 11) is 0. The van der Waals surface area contributed by atoms with Gasteiger partial charge in [0.2, 0.25) is 0 Å². The summed E-state index contributed by atoms with van der Waals surface area (Å²) in [5, 5.41) is 56.4. The number of benzene rings is 4. The number of hydrogen-bond donors (Lipinski definition) is 7. The predicted molar refractivity (Wildman–Crippen MR) is 229 cm³/mol. The number of carbonyl (C=O) groups excluding carboxylic acids is 1. The molecule has 61 heavy (non-hydrogen) atoms. The average molecular weight is 850 g/mol. The Morgan fingerprint density at radius 3 is 2.15 bits per heavy atom. The first-order valence-electron chi connectivity index (χ1n) is 19.5. The maximum absolute atomic E-state index is 13.8. The molecule has 1 aromatic heterocycles. The van der Waals surface area contributed by atoms with Crippen LogP contribution in [0.3, 0.4) is 0 Å². The van der Waals surface area contributed by atoms with Crippen LogP contribution in [0.1, 0.15) is 56.6 Å². The number of carboxylic acids is 2. The zero-order valence-electron chi connectivity index (χ0n) is 33.8. The molecular weight excluding hydrogens is 802 g/mol. The minimum Gasteiger partial charge on any atom is -0.488 e. The number of nitrogens with one attached hydrogen (secondary N) is 3. The zero-order chi connectivity index (χ0) is 43.9.